The van der Waals surface area contributed by atoms with Gasteiger partial charge in [-0.3, -0.25) is 4.90 Å². The smallest absolute Gasteiger partial charge is 0.176 e. The van der Waals surface area contributed by atoms with Crippen molar-refractivity contribution in [2.45, 2.75) is 154 Å². The molecule has 0 amide bonds. The van der Waals surface area contributed by atoms with Crippen LogP contribution in [0.4, 0.5) is 0 Å². The Morgan fingerprint density at radius 1 is 0.604 bits per heavy atom. The number of hydrogen-bond acceptors (Lipinski definition) is 12. The zero-order valence-corrected chi connectivity index (χ0v) is 32.1. The minimum absolute atomic E-state index is 0.0870. The lowest BCUT2D eigenvalue weighted by Crippen LogP contribution is -2.66. The van der Waals surface area contributed by atoms with E-state index in [4.69, 9.17) is 49.4 Å². The van der Waals surface area contributed by atoms with Gasteiger partial charge in [-0.05, 0) is 71.1 Å². The zero-order valence-electron chi connectivity index (χ0n) is 32.1. The predicted octanol–water partition coefficient (Wildman–Crippen LogP) is 2.90. The number of nitrogens with zero attached hydrogens (tertiary/aromatic N) is 2. The average Bonchev–Trinajstić information content (AvgIpc) is 3.33. The Bertz CT molecular complexity index is 978. The molecule has 3 heterocycles. The lowest BCUT2D eigenvalue weighted by atomic mass is 9.75. The molecule has 48 heavy (non-hydrogen) atoms. The monoisotopic (exact) mass is 687 g/mol. The van der Waals surface area contributed by atoms with E-state index in [-0.39, 0.29) is 84.7 Å². The van der Waals surface area contributed by atoms with E-state index in [1.54, 1.807) is 14.2 Å². The second-order valence-corrected chi connectivity index (χ2v) is 15.8. The predicted molar refractivity (Wildman–Crippen MR) is 185 cm³/mol. The Kier molecular flexibility index (Phi) is 14.6. The zero-order chi connectivity index (χ0) is 35.6. The molecule has 4 fully saturated rings. The first-order chi connectivity index (χ1) is 22.7. The topological polar surface area (TPSA) is 132 Å². The largest absolute Gasteiger partial charge is 0.377 e. The molecule has 0 bridgehead atoms. The summed E-state index contributed by atoms with van der Waals surface area (Å²) in [5.74, 6) is 1.06. The molecule has 12 heteroatoms. The van der Waals surface area contributed by atoms with E-state index >= 15 is 0 Å². The highest BCUT2D eigenvalue weighted by molar-refractivity contribution is 4.99. The molecular formula is C36H70N4O8. The average molecular weight is 687 g/mol. The van der Waals surface area contributed by atoms with E-state index < -0.39 is 18.9 Å². The second kappa shape index (κ2) is 17.4. The van der Waals surface area contributed by atoms with E-state index in [2.05, 4.69) is 58.3 Å². The first kappa shape index (κ1) is 40.3. The molecule has 1 saturated carbocycles. The molecular weight excluding hydrogens is 616 g/mol. The van der Waals surface area contributed by atoms with Crippen LogP contribution in [0.1, 0.15) is 67.7 Å². The third-order valence-electron chi connectivity index (χ3n) is 12.1. The summed E-state index contributed by atoms with van der Waals surface area (Å²) in [5, 5.41) is 0. The van der Waals surface area contributed by atoms with E-state index in [1.165, 1.54) is 0 Å². The van der Waals surface area contributed by atoms with Crippen LogP contribution in [0, 0.1) is 29.6 Å². The van der Waals surface area contributed by atoms with Gasteiger partial charge in [0.05, 0.1) is 36.5 Å². The van der Waals surface area contributed by atoms with Crippen molar-refractivity contribution >= 4 is 0 Å². The van der Waals surface area contributed by atoms with Crippen molar-refractivity contribution in [3.05, 3.63) is 0 Å². The lowest BCUT2D eigenvalue weighted by molar-refractivity contribution is -0.303. The Labute approximate surface area is 291 Å². The lowest BCUT2D eigenvalue weighted by Gasteiger charge is -2.49. The SMILES string of the molecule is CCC1OC(OC2C(N)CC(C)C(C)C2OC2OC(CC)C(OC3OC(CN(C)C)C(OC)C(OC)C3N(C)C)C2C)C(N)C(C)C1C. The van der Waals surface area contributed by atoms with Gasteiger partial charge in [0.2, 0.25) is 0 Å². The van der Waals surface area contributed by atoms with Crippen molar-refractivity contribution in [2.24, 2.45) is 41.1 Å². The molecule has 4 aliphatic rings. The van der Waals surface area contributed by atoms with E-state index in [0.717, 1.165) is 19.3 Å². The maximum absolute atomic E-state index is 6.98. The molecule has 3 saturated heterocycles. The van der Waals surface area contributed by atoms with Gasteiger partial charge >= 0.3 is 0 Å². The molecule has 0 aromatic heterocycles. The Hall–Kier alpha value is -0.480. The van der Waals surface area contributed by atoms with Crippen LogP contribution < -0.4 is 11.5 Å². The van der Waals surface area contributed by atoms with Crippen LogP contribution in [0.15, 0.2) is 0 Å². The molecule has 12 nitrogen and oxygen atoms in total. The van der Waals surface area contributed by atoms with E-state index in [1.807, 2.05) is 28.2 Å². The Morgan fingerprint density at radius 2 is 1.17 bits per heavy atom. The number of likely N-dealkylation sites (N-methyl/N-ethyl adjacent to an activating group) is 2. The van der Waals surface area contributed by atoms with Gasteiger partial charge in [-0.1, -0.05) is 48.5 Å². The van der Waals surface area contributed by atoms with Gasteiger partial charge in [-0.15, -0.1) is 0 Å². The minimum Gasteiger partial charge on any atom is -0.377 e. The number of ether oxygens (including phenoxy) is 8. The van der Waals surface area contributed by atoms with Crippen molar-refractivity contribution < 1.29 is 37.9 Å². The number of nitrogens with two attached hydrogens (primary N) is 2. The fourth-order valence-corrected chi connectivity index (χ4v) is 8.57. The highest BCUT2D eigenvalue weighted by Gasteiger charge is 2.54. The minimum atomic E-state index is -0.566. The first-order valence-electron chi connectivity index (χ1n) is 18.5. The fraction of sp³-hybridized carbons (Fsp3) is 1.00. The van der Waals surface area contributed by atoms with E-state index in [0.29, 0.717) is 18.4 Å². The molecule has 4 N–H and O–H groups in total. The maximum atomic E-state index is 6.98. The van der Waals surface area contributed by atoms with Gasteiger partial charge in [0, 0.05) is 32.7 Å². The first-order valence-corrected chi connectivity index (χ1v) is 18.5. The molecule has 19 atom stereocenters. The third-order valence-corrected chi connectivity index (χ3v) is 12.1. The quantitative estimate of drug-likeness (QED) is 0.295. The highest BCUT2D eigenvalue weighted by Crippen LogP contribution is 2.42. The summed E-state index contributed by atoms with van der Waals surface area (Å²) in [4.78, 5) is 4.20. The highest BCUT2D eigenvalue weighted by atomic mass is 16.7. The Balaban J connectivity index is 1.55. The van der Waals surface area contributed by atoms with Gasteiger partial charge in [-0.25, -0.2) is 0 Å². The summed E-state index contributed by atoms with van der Waals surface area (Å²) in [6, 6.07) is -0.670. The molecule has 0 spiro atoms. The maximum Gasteiger partial charge on any atom is 0.176 e. The van der Waals surface area contributed by atoms with Crippen LogP contribution in [0.5, 0.6) is 0 Å². The summed E-state index contributed by atoms with van der Waals surface area (Å²) in [6.07, 6.45) is -0.920. The van der Waals surface area contributed by atoms with Crippen LogP contribution in [0.3, 0.4) is 0 Å². The van der Waals surface area contributed by atoms with Crippen LogP contribution >= 0.6 is 0 Å². The molecule has 0 aromatic rings. The normalized spacial score (nSPS) is 48.8. The fourth-order valence-electron chi connectivity index (χ4n) is 8.57. The summed E-state index contributed by atoms with van der Waals surface area (Å²) in [6.45, 7) is 16.0. The van der Waals surface area contributed by atoms with Crippen molar-refractivity contribution in [1.82, 2.24) is 9.80 Å². The van der Waals surface area contributed by atoms with Gasteiger partial charge in [0.25, 0.3) is 0 Å². The summed E-state index contributed by atoms with van der Waals surface area (Å²) < 4.78 is 52.6. The molecule has 4 rings (SSSR count). The second-order valence-electron chi connectivity index (χ2n) is 15.8. The van der Waals surface area contributed by atoms with Crippen molar-refractivity contribution in [3.8, 4) is 0 Å². The molecule has 3 aliphatic heterocycles. The Morgan fingerprint density at radius 3 is 1.73 bits per heavy atom. The van der Waals surface area contributed by atoms with Gasteiger partial charge < -0.3 is 54.3 Å². The van der Waals surface area contributed by atoms with Crippen molar-refractivity contribution in [1.29, 1.82) is 0 Å². The van der Waals surface area contributed by atoms with Crippen LogP contribution in [-0.4, -0.2) is 145 Å². The number of rotatable bonds is 13. The van der Waals surface area contributed by atoms with E-state index in [9.17, 15) is 0 Å². The molecule has 0 radical (unpaired) electrons. The molecule has 0 aromatic carbocycles. The third kappa shape index (κ3) is 8.42. The standard InChI is InChI=1S/C36H70N4O8/c1-14-24-20(5)21(6)27(38)35(43-24)48-31-23(37)16-18(3)19(4)30(31)47-34-22(7)29(25(15-2)44-34)46-36-28(40(10)11)33(42-13)32(41-12)26(45-36)17-39(8)9/h18-36H,14-17,37-38H2,1-13H3. The van der Waals surface area contributed by atoms with Crippen molar-refractivity contribution in [2.75, 3.05) is 49.0 Å². The number of methoxy groups -OCH3 is 2. The molecule has 282 valence electrons. The molecule has 19 unspecified atom stereocenters. The van der Waals surface area contributed by atoms with Crippen LogP contribution in [0.25, 0.3) is 0 Å². The van der Waals surface area contributed by atoms with Gasteiger partial charge in [0.15, 0.2) is 18.9 Å². The summed E-state index contributed by atoms with van der Waals surface area (Å²) >= 11 is 0. The van der Waals surface area contributed by atoms with Crippen LogP contribution in [-0.2, 0) is 37.9 Å². The summed E-state index contributed by atoms with van der Waals surface area (Å²) in [7, 11) is 11.5. The van der Waals surface area contributed by atoms with Crippen molar-refractivity contribution in [3.63, 3.8) is 0 Å². The summed E-state index contributed by atoms with van der Waals surface area (Å²) in [5.41, 5.74) is 13.6. The molecule has 1 aliphatic carbocycles. The van der Waals surface area contributed by atoms with Crippen LogP contribution in [0.2, 0.25) is 0 Å². The van der Waals surface area contributed by atoms with Gasteiger partial charge in [-0.2, -0.15) is 0 Å². The number of hydrogen-bond donors (Lipinski definition) is 2. The van der Waals surface area contributed by atoms with Gasteiger partial charge in [0.1, 0.15) is 24.4 Å².